The van der Waals surface area contributed by atoms with Crippen molar-refractivity contribution >= 4 is 17.9 Å². The van der Waals surface area contributed by atoms with Crippen LogP contribution < -0.4 is 0 Å². The Labute approximate surface area is 417 Å². The molecule has 0 heterocycles. The topological polar surface area (TPSA) is 78.9 Å². The van der Waals surface area contributed by atoms with Crippen LogP contribution >= 0.6 is 0 Å². The third kappa shape index (κ3) is 54.7. The summed E-state index contributed by atoms with van der Waals surface area (Å²) in [5.74, 6) is -0.860. The molecule has 0 aliphatic heterocycles. The van der Waals surface area contributed by atoms with Crippen molar-refractivity contribution < 1.29 is 28.6 Å². The molecule has 0 unspecified atom stereocenters. The molecule has 6 nitrogen and oxygen atoms in total. The normalized spacial score (nSPS) is 12.1. The first kappa shape index (κ1) is 64.9. The lowest BCUT2D eigenvalue weighted by Crippen LogP contribution is -2.30. The lowest BCUT2D eigenvalue weighted by atomic mass is 10.1. The predicted octanol–water partition coefficient (Wildman–Crippen LogP) is 19.9. The van der Waals surface area contributed by atoms with Crippen molar-refractivity contribution in [3.63, 3.8) is 0 Å². The van der Waals surface area contributed by atoms with Gasteiger partial charge in [0, 0.05) is 19.3 Å². The Bertz CT molecular complexity index is 1080. The largest absolute Gasteiger partial charge is 0.462 e. The van der Waals surface area contributed by atoms with E-state index in [1.54, 1.807) is 0 Å². The van der Waals surface area contributed by atoms with Gasteiger partial charge in [-0.3, -0.25) is 14.4 Å². The van der Waals surface area contributed by atoms with Gasteiger partial charge in [-0.05, 0) is 70.6 Å². The Morgan fingerprint density at radius 1 is 0.284 bits per heavy atom. The molecule has 0 aromatic rings. The third-order valence-electron chi connectivity index (χ3n) is 13.4. The molecule has 0 saturated carbocycles. The van der Waals surface area contributed by atoms with E-state index in [4.69, 9.17) is 14.2 Å². The average Bonchev–Trinajstić information content (AvgIpc) is 3.33. The molecule has 0 aliphatic rings. The first-order valence-electron chi connectivity index (χ1n) is 29.8. The van der Waals surface area contributed by atoms with Gasteiger partial charge in [-0.1, -0.05) is 263 Å². The minimum absolute atomic E-state index is 0.0701. The van der Waals surface area contributed by atoms with E-state index in [1.165, 1.54) is 231 Å². The fraction of sp³-hybridized carbons (Fsp3) is 0.885. The van der Waals surface area contributed by atoms with E-state index < -0.39 is 6.10 Å². The Morgan fingerprint density at radius 3 is 0.746 bits per heavy atom. The first-order valence-corrected chi connectivity index (χ1v) is 29.8. The Balaban J connectivity index is 4.29. The van der Waals surface area contributed by atoms with Crippen LogP contribution in [0.25, 0.3) is 0 Å². The number of rotatable bonds is 55. The van der Waals surface area contributed by atoms with Crippen molar-refractivity contribution in [2.24, 2.45) is 0 Å². The summed E-state index contributed by atoms with van der Waals surface area (Å²) in [4.78, 5) is 38.1. The van der Waals surface area contributed by atoms with Gasteiger partial charge in [-0.15, -0.1) is 0 Å². The zero-order valence-electron chi connectivity index (χ0n) is 45.2. The highest BCUT2D eigenvalue weighted by atomic mass is 16.6. The van der Waals surface area contributed by atoms with E-state index >= 15 is 0 Å². The highest BCUT2D eigenvalue weighted by Gasteiger charge is 2.19. The van der Waals surface area contributed by atoms with Crippen molar-refractivity contribution in [3.8, 4) is 0 Å². The van der Waals surface area contributed by atoms with E-state index in [2.05, 4.69) is 45.1 Å². The quantitative estimate of drug-likeness (QED) is 0.0262. The number of unbranched alkanes of at least 4 members (excludes halogenated alkanes) is 40. The second-order valence-electron chi connectivity index (χ2n) is 20.3. The minimum atomic E-state index is -0.771. The summed E-state index contributed by atoms with van der Waals surface area (Å²) in [5.41, 5.74) is 0. The Morgan fingerprint density at radius 2 is 0.493 bits per heavy atom. The molecular weight excluding hydrogens is 829 g/mol. The fourth-order valence-electron chi connectivity index (χ4n) is 8.91. The molecule has 0 N–H and O–H groups in total. The molecule has 0 saturated heterocycles. The van der Waals surface area contributed by atoms with Crippen LogP contribution in [0.5, 0.6) is 0 Å². The van der Waals surface area contributed by atoms with Gasteiger partial charge >= 0.3 is 17.9 Å². The van der Waals surface area contributed by atoms with Crippen LogP contribution in [0.15, 0.2) is 24.3 Å². The van der Waals surface area contributed by atoms with E-state index in [9.17, 15) is 14.4 Å². The number of esters is 3. The smallest absolute Gasteiger partial charge is 0.306 e. The van der Waals surface area contributed by atoms with Crippen LogP contribution in [0.4, 0.5) is 0 Å². The summed E-state index contributed by atoms with van der Waals surface area (Å²) < 4.78 is 16.9. The van der Waals surface area contributed by atoms with Gasteiger partial charge < -0.3 is 14.2 Å². The summed E-state index contributed by atoms with van der Waals surface area (Å²) in [5, 5.41) is 0. The first-order chi connectivity index (χ1) is 33.0. The summed E-state index contributed by atoms with van der Waals surface area (Å²) in [6.45, 7) is 6.67. The van der Waals surface area contributed by atoms with Crippen LogP contribution in [-0.4, -0.2) is 37.2 Å². The summed E-state index contributed by atoms with van der Waals surface area (Å²) in [6.07, 6.45) is 66.0. The van der Waals surface area contributed by atoms with Gasteiger partial charge in [0.2, 0.25) is 0 Å². The number of carbonyl (C=O) groups excluding carboxylic acids is 3. The average molecular weight is 944 g/mol. The zero-order chi connectivity index (χ0) is 48.6. The number of ether oxygens (including phenoxy) is 3. The van der Waals surface area contributed by atoms with Crippen molar-refractivity contribution in [2.75, 3.05) is 13.2 Å². The molecule has 0 aromatic carbocycles. The van der Waals surface area contributed by atoms with Crippen LogP contribution in [0.2, 0.25) is 0 Å². The van der Waals surface area contributed by atoms with Gasteiger partial charge in [0.1, 0.15) is 13.2 Å². The maximum absolute atomic E-state index is 12.9. The van der Waals surface area contributed by atoms with Crippen LogP contribution in [-0.2, 0) is 28.6 Å². The molecule has 0 fully saturated rings. The van der Waals surface area contributed by atoms with Gasteiger partial charge in [0.15, 0.2) is 6.10 Å². The molecule has 1 atom stereocenters. The van der Waals surface area contributed by atoms with Crippen molar-refractivity contribution in [1.82, 2.24) is 0 Å². The second-order valence-corrected chi connectivity index (χ2v) is 20.3. The van der Waals surface area contributed by atoms with E-state index in [1.807, 2.05) is 0 Å². The van der Waals surface area contributed by atoms with Crippen molar-refractivity contribution in [2.45, 2.75) is 335 Å². The molecule has 0 rings (SSSR count). The predicted molar refractivity (Wildman–Crippen MR) is 289 cm³/mol. The van der Waals surface area contributed by atoms with Crippen LogP contribution in [0.1, 0.15) is 329 Å². The maximum atomic E-state index is 12.9. The lowest BCUT2D eigenvalue weighted by molar-refractivity contribution is -0.167. The van der Waals surface area contributed by atoms with Crippen LogP contribution in [0.3, 0.4) is 0 Å². The second kappa shape index (κ2) is 56.5. The maximum Gasteiger partial charge on any atom is 0.306 e. The zero-order valence-corrected chi connectivity index (χ0v) is 45.2. The highest BCUT2D eigenvalue weighted by Crippen LogP contribution is 2.16. The molecular formula is C61H114O6. The Hall–Kier alpha value is -2.11. The molecule has 0 amide bonds. The summed E-state index contributed by atoms with van der Waals surface area (Å²) in [6, 6.07) is 0. The molecule has 0 aliphatic carbocycles. The fourth-order valence-corrected chi connectivity index (χ4v) is 8.91. The number of hydrogen-bond donors (Lipinski definition) is 0. The standard InChI is InChI=1S/C61H114O6/c1-4-7-10-13-16-19-22-24-26-28-30-32-34-36-39-42-45-48-51-54-60(63)66-57-58(56-65-59(62)53-50-47-44-41-38-21-18-15-12-9-6-3)67-61(64)55-52-49-46-43-40-37-35-33-31-29-27-25-23-20-17-14-11-8-5-2/h28-31,58H,4-27,32-57H2,1-3H3/b30-28-,31-29-/t58-/m1/s1. The highest BCUT2D eigenvalue weighted by molar-refractivity contribution is 5.71. The molecule has 0 aromatic heterocycles. The van der Waals surface area contributed by atoms with E-state index in [0.29, 0.717) is 19.3 Å². The van der Waals surface area contributed by atoms with E-state index in [-0.39, 0.29) is 31.1 Å². The Kier molecular flexibility index (Phi) is 54.7. The monoisotopic (exact) mass is 943 g/mol. The summed E-state index contributed by atoms with van der Waals surface area (Å²) in [7, 11) is 0. The van der Waals surface area contributed by atoms with E-state index in [0.717, 1.165) is 57.8 Å². The van der Waals surface area contributed by atoms with Crippen molar-refractivity contribution in [1.29, 1.82) is 0 Å². The molecule has 67 heavy (non-hydrogen) atoms. The lowest BCUT2D eigenvalue weighted by Gasteiger charge is -2.18. The number of hydrogen-bond acceptors (Lipinski definition) is 6. The molecule has 0 radical (unpaired) electrons. The molecule has 0 spiro atoms. The third-order valence-corrected chi connectivity index (χ3v) is 13.4. The van der Waals surface area contributed by atoms with Gasteiger partial charge in [0.05, 0.1) is 0 Å². The van der Waals surface area contributed by atoms with Gasteiger partial charge in [-0.2, -0.15) is 0 Å². The van der Waals surface area contributed by atoms with Gasteiger partial charge in [-0.25, -0.2) is 0 Å². The van der Waals surface area contributed by atoms with Crippen molar-refractivity contribution in [3.05, 3.63) is 24.3 Å². The molecule has 394 valence electrons. The molecule has 6 heteroatoms. The summed E-state index contributed by atoms with van der Waals surface area (Å²) >= 11 is 0. The SMILES string of the molecule is CCCCCCCCCC/C=C\CCCCCCCCCC(=O)OC[C@@H](COC(=O)CCCCCCCCCCCCC)OC(=O)CCCCCCCCC/C=C\CCCCCCCCCC. The minimum Gasteiger partial charge on any atom is -0.462 e. The number of allylic oxidation sites excluding steroid dienone is 4. The number of carbonyl (C=O) groups is 3. The van der Waals surface area contributed by atoms with Crippen LogP contribution in [0, 0.1) is 0 Å². The van der Waals surface area contributed by atoms with Gasteiger partial charge in [0.25, 0.3) is 0 Å². The molecule has 0 bridgehead atoms.